The number of nitrogen functional groups attached to an aromatic ring is 1. The fourth-order valence-electron chi connectivity index (χ4n) is 2.26. The second kappa shape index (κ2) is 7.39. The lowest BCUT2D eigenvalue weighted by Gasteiger charge is -2.19. The average Bonchev–Trinajstić information content (AvgIpc) is 2.52. The van der Waals surface area contributed by atoms with Crippen molar-refractivity contribution >= 4 is 11.5 Å². The minimum atomic E-state index is -0.0183. The molecule has 0 aromatic heterocycles. The van der Waals surface area contributed by atoms with Crippen molar-refractivity contribution in [3.63, 3.8) is 0 Å². The molecule has 4 heteroatoms. The van der Waals surface area contributed by atoms with Crippen molar-refractivity contribution in [3.05, 3.63) is 53.6 Å². The number of carbonyl (C=O) groups is 1. The van der Waals surface area contributed by atoms with Gasteiger partial charge in [0, 0.05) is 5.56 Å². The van der Waals surface area contributed by atoms with E-state index in [1.807, 2.05) is 12.1 Å². The molecule has 2 rings (SSSR count). The standard InChI is InChI=1S/C20H25NO3/c1-14(22)15-5-10-19(18(21)13-15)24-12-11-23-17-8-6-16(7-9-17)20(2,3)4/h5-10,13H,11-12,21H2,1-4H3. The zero-order valence-electron chi connectivity index (χ0n) is 14.8. The summed E-state index contributed by atoms with van der Waals surface area (Å²) in [6.45, 7) is 8.84. The molecule has 0 saturated heterocycles. The van der Waals surface area contributed by atoms with Crippen LogP contribution in [0.25, 0.3) is 0 Å². The summed E-state index contributed by atoms with van der Waals surface area (Å²) in [7, 11) is 0. The summed E-state index contributed by atoms with van der Waals surface area (Å²) in [5.41, 5.74) is 8.32. The number of benzene rings is 2. The van der Waals surface area contributed by atoms with E-state index in [0.29, 0.717) is 30.2 Å². The fraction of sp³-hybridized carbons (Fsp3) is 0.350. The minimum Gasteiger partial charge on any atom is -0.490 e. The number of anilines is 1. The quantitative estimate of drug-likeness (QED) is 0.490. The van der Waals surface area contributed by atoms with E-state index in [4.69, 9.17) is 15.2 Å². The molecule has 2 N–H and O–H groups in total. The lowest BCUT2D eigenvalue weighted by atomic mass is 9.87. The number of hydrogen-bond acceptors (Lipinski definition) is 4. The van der Waals surface area contributed by atoms with E-state index in [2.05, 4.69) is 32.9 Å². The van der Waals surface area contributed by atoms with Crippen LogP contribution in [0.3, 0.4) is 0 Å². The van der Waals surface area contributed by atoms with Crippen LogP contribution in [0.15, 0.2) is 42.5 Å². The van der Waals surface area contributed by atoms with Gasteiger partial charge in [-0.25, -0.2) is 0 Å². The molecule has 0 radical (unpaired) electrons. The van der Waals surface area contributed by atoms with E-state index in [0.717, 1.165) is 5.75 Å². The van der Waals surface area contributed by atoms with E-state index >= 15 is 0 Å². The van der Waals surface area contributed by atoms with Crippen molar-refractivity contribution in [1.82, 2.24) is 0 Å². The van der Waals surface area contributed by atoms with Gasteiger partial charge in [-0.05, 0) is 48.2 Å². The second-order valence-electron chi connectivity index (χ2n) is 6.78. The average molecular weight is 327 g/mol. The highest BCUT2D eigenvalue weighted by Crippen LogP contribution is 2.25. The van der Waals surface area contributed by atoms with Crippen molar-refractivity contribution < 1.29 is 14.3 Å². The Morgan fingerprint density at radius 1 is 1.00 bits per heavy atom. The van der Waals surface area contributed by atoms with Gasteiger partial charge < -0.3 is 15.2 Å². The largest absolute Gasteiger partial charge is 0.490 e. The number of ether oxygens (including phenoxy) is 2. The molecule has 0 aliphatic rings. The topological polar surface area (TPSA) is 61.5 Å². The van der Waals surface area contributed by atoms with E-state index < -0.39 is 0 Å². The van der Waals surface area contributed by atoms with Gasteiger partial charge in [0.1, 0.15) is 24.7 Å². The number of Topliss-reactive ketones (excluding diaryl/α,β-unsaturated/α-hetero) is 1. The van der Waals surface area contributed by atoms with E-state index in [9.17, 15) is 4.79 Å². The highest BCUT2D eigenvalue weighted by Gasteiger charge is 2.13. The van der Waals surface area contributed by atoms with Crippen molar-refractivity contribution in [2.75, 3.05) is 18.9 Å². The van der Waals surface area contributed by atoms with Gasteiger partial charge in [-0.1, -0.05) is 32.9 Å². The summed E-state index contributed by atoms with van der Waals surface area (Å²) in [4.78, 5) is 11.3. The number of carbonyl (C=O) groups excluding carboxylic acids is 1. The van der Waals surface area contributed by atoms with E-state index in [1.54, 1.807) is 18.2 Å². The maximum atomic E-state index is 11.3. The highest BCUT2D eigenvalue weighted by atomic mass is 16.5. The maximum absolute atomic E-state index is 11.3. The predicted octanol–water partition coefficient (Wildman–Crippen LogP) is 4.23. The van der Waals surface area contributed by atoms with Crippen LogP contribution in [0.4, 0.5) is 5.69 Å². The van der Waals surface area contributed by atoms with Crippen LogP contribution in [0, 0.1) is 0 Å². The molecule has 0 aliphatic heterocycles. The molecule has 0 aliphatic carbocycles. The molecular formula is C20H25NO3. The molecule has 2 aromatic carbocycles. The first-order valence-corrected chi connectivity index (χ1v) is 8.04. The third-order valence-corrected chi connectivity index (χ3v) is 3.75. The van der Waals surface area contributed by atoms with Crippen LogP contribution in [0.5, 0.6) is 11.5 Å². The Bertz CT molecular complexity index is 700. The number of nitrogens with two attached hydrogens (primary N) is 1. The molecule has 128 valence electrons. The molecule has 2 aromatic rings. The van der Waals surface area contributed by atoms with Gasteiger partial charge >= 0.3 is 0 Å². The van der Waals surface area contributed by atoms with Gasteiger partial charge in [-0.15, -0.1) is 0 Å². The molecule has 0 saturated carbocycles. The SMILES string of the molecule is CC(=O)c1ccc(OCCOc2ccc(C(C)(C)C)cc2)c(N)c1. The van der Waals surface area contributed by atoms with Gasteiger partial charge in [-0.2, -0.15) is 0 Å². The summed E-state index contributed by atoms with van der Waals surface area (Å²) >= 11 is 0. The number of ketones is 1. The summed E-state index contributed by atoms with van der Waals surface area (Å²) in [5.74, 6) is 1.36. The molecule has 0 unspecified atom stereocenters. The van der Waals surface area contributed by atoms with Crippen molar-refractivity contribution in [1.29, 1.82) is 0 Å². The predicted molar refractivity (Wildman–Crippen MR) is 97.0 cm³/mol. The molecule has 24 heavy (non-hydrogen) atoms. The Morgan fingerprint density at radius 2 is 1.62 bits per heavy atom. The summed E-state index contributed by atoms with van der Waals surface area (Å²) in [6.07, 6.45) is 0. The Labute approximate surface area is 143 Å². The monoisotopic (exact) mass is 327 g/mol. The lowest BCUT2D eigenvalue weighted by Crippen LogP contribution is -2.12. The highest BCUT2D eigenvalue weighted by molar-refractivity contribution is 5.95. The third kappa shape index (κ3) is 4.75. The van der Waals surface area contributed by atoms with Crippen LogP contribution >= 0.6 is 0 Å². The fourth-order valence-corrected chi connectivity index (χ4v) is 2.26. The van der Waals surface area contributed by atoms with Crippen LogP contribution in [-0.2, 0) is 5.41 Å². The molecular weight excluding hydrogens is 302 g/mol. The van der Waals surface area contributed by atoms with Gasteiger partial charge in [0.25, 0.3) is 0 Å². The van der Waals surface area contributed by atoms with Crippen molar-refractivity contribution in [2.24, 2.45) is 0 Å². The number of rotatable bonds is 6. The van der Waals surface area contributed by atoms with Crippen LogP contribution in [0.2, 0.25) is 0 Å². The zero-order valence-corrected chi connectivity index (χ0v) is 14.8. The van der Waals surface area contributed by atoms with Crippen LogP contribution in [-0.4, -0.2) is 19.0 Å². The van der Waals surface area contributed by atoms with Crippen molar-refractivity contribution in [2.45, 2.75) is 33.1 Å². The first kappa shape index (κ1) is 17.9. The number of hydrogen-bond donors (Lipinski definition) is 1. The summed E-state index contributed by atoms with van der Waals surface area (Å²) < 4.78 is 11.3. The lowest BCUT2D eigenvalue weighted by molar-refractivity contribution is 0.101. The molecule has 0 heterocycles. The molecule has 0 atom stereocenters. The molecule has 0 amide bonds. The van der Waals surface area contributed by atoms with Crippen LogP contribution < -0.4 is 15.2 Å². The second-order valence-corrected chi connectivity index (χ2v) is 6.78. The Hall–Kier alpha value is -2.49. The Balaban J connectivity index is 1.84. The molecule has 0 spiro atoms. The molecule has 4 nitrogen and oxygen atoms in total. The zero-order chi connectivity index (χ0) is 17.7. The summed E-state index contributed by atoms with van der Waals surface area (Å²) in [5, 5.41) is 0. The smallest absolute Gasteiger partial charge is 0.159 e. The first-order valence-electron chi connectivity index (χ1n) is 8.04. The normalized spacial score (nSPS) is 11.2. The Morgan fingerprint density at radius 3 is 2.17 bits per heavy atom. The van der Waals surface area contributed by atoms with Gasteiger partial charge in [-0.3, -0.25) is 4.79 Å². The van der Waals surface area contributed by atoms with Crippen molar-refractivity contribution in [3.8, 4) is 11.5 Å². The van der Waals surface area contributed by atoms with E-state index in [1.165, 1.54) is 12.5 Å². The van der Waals surface area contributed by atoms with Gasteiger partial charge in [0.2, 0.25) is 0 Å². The molecule has 0 fully saturated rings. The third-order valence-electron chi connectivity index (χ3n) is 3.75. The van der Waals surface area contributed by atoms with Gasteiger partial charge in [0.05, 0.1) is 5.69 Å². The van der Waals surface area contributed by atoms with Crippen LogP contribution in [0.1, 0.15) is 43.6 Å². The first-order chi connectivity index (χ1) is 11.3. The maximum Gasteiger partial charge on any atom is 0.159 e. The Kier molecular flexibility index (Phi) is 5.50. The van der Waals surface area contributed by atoms with E-state index in [-0.39, 0.29) is 11.2 Å². The van der Waals surface area contributed by atoms with Gasteiger partial charge in [0.15, 0.2) is 5.78 Å². The minimum absolute atomic E-state index is 0.0183. The summed E-state index contributed by atoms with van der Waals surface area (Å²) in [6, 6.07) is 13.1. The molecule has 0 bridgehead atoms.